The molecule has 25 heavy (non-hydrogen) atoms. The fraction of sp³-hybridized carbons (Fsp3) is 0.556. The van der Waals surface area contributed by atoms with Crippen molar-refractivity contribution in [1.82, 2.24) is 20.0 Å². The van der Waals surface area contributed by atoms with Gasteiger partial charge in [0.05, 0.1) is 30.6 Å². The molecule has 0 radical (unpaired) electrons. The minimum Gasteiger partial charge on any atom is -0.377 e. The van der Waals surface area contributed by atoms with Crippen LogP contribution in [0.15, 0.2) is 23.1 Å². The quantitative estimate of drug-likeness (QED) is 0.796. The zero-order valence-electron chi connectivity index (χ0n) is 14.8. The van der Waals surface area contributed by atoms with Crippen LogP contribution in [0.4, 0.5) is 0 Å². The predicted octanol–water partition coefficient (Wildman–Crippen LogP) is 1.87. The van der Waals surface area contributed by atoms with Gasteiger partial charge in [0.25, 0.3) is 0 Å². The Morgan fingerprint density at radius 2 is 2.20 bits per heavy atom. The maximum absolute atomic E-state index is 12.7. The van der Waals surface area contributed by atoms with Gasteiger partial charge in [0.1, 0.15) is 5.76 Å². The lowest BCUT2D eigenvalue weighted by Gasteiger charge is -2.35. The molecule has 0 N–H and O–H groups in total. The smallest absolute Gasteiger partial charge is 0.223 e. The van der Waals surface area contributed by atoms with E-state index in [9.17, 15) is 4.79 Å². The van der Waals surface area contributed by atoms with Crippen LogP contribution in [0.25, 0.3) is 0 Å². The van der Waals surface area contributed by atoms with E-state index < -0.39 is 0 Å². The predicted molar refractivity (Wildman–Crippen MR) is 91.0 cm³/mol. The number of carbonyl (C=O) groups is 1. The molecule has 0 aromatic carbocycles. The third kappa shape index (κ3) is 4.42. The fourth-order valence-electron chi connectivity index (χ4n) is 3.23. The van der Waals surface area contributed by atoms with Crippen molar-refractivity contribution in [2.24, 2.45) is 0 Å². The van der Waals surface area contributed by atoms with Crippen molar-refractivity contribution >= 4 is 5.91 Å². The zero-order chi connectivity index (χ0) is 17.6. The van der Waals surface area contributed by atoms with Gasteiger partial charge in [0.2, 0.25) is 5.91 Å². The molecule has 0 bridgehead atoms. The Morgan fingerprint density at radius 1 is 1.32 bits per heavy atom. The van der Waals surface area contributed by atoms with E-state index in [1.54, 1.807) is 18.6 Å². The lowest BCUT2D eigenvalue weighted by molar-refractivity contribution is -0.140. The van der Waals surface area contributed by atoms with Crippen LogP contribution in [0.5, 0.6) is 0 Å². The summed E-state index contributed by atoms with van der Waals surface area (Å²) in [7, 11) is 0. The number of carbonyl (C=O) groups excluding carboxylic acids is 1. The molecule has 0 aliphatic carbocycles. The summed E-state index contributed by atoms with van der Waals surface area (Å²) in [5.41, 5.74) is 2.85. The van der Waals surface area contributed by atoms with Crippen molar-refractivity contribution in [3.05, 3.63) is 41.3 Å². The van der Waals surface area contributed by atoms with Crippen molar-refractivity contribution in [3.63, 3.8) is 0 Å². The van der Waals surface area contributed by atoms with Gasteiger partial charge in [-0.1, -0.05) is 5.16 Å². The van der Waals surface area contributed by atoms with Crippen molar-refractivity contribution < 1.29 is 14.1 Å². The number of aryl methyl sites for hydroxylation is 3. The average molecular weight is 344 g/mol. The van der Waals surface area contributed by atoms with E-state index >= 15 is 0 Å². The number of rotatable bonds is 6. The summed E-state index contributed by atoms with van der Waals surface area (Å²) in [6.07, 6.45) is 7.87. The second-order valence-electron chi connectivity index (χ2n) is 6.35. The topological polar surface area (TPSA) is 81.4 Å². The number of amides is 1. The highest BCUT2D eigenvalue weighted by molar-refractivity contribution is 5.77. The van der Waals surface area contributed by atoms with Gasteiger partial charge in [-0.3, -0.25) is 14.8 Å². The first-order chi connectivity index (χ1) is 12.1. The van der Waals surface area contributed by atoms with Crippen LogP contribution in [0.3, 0.4) is 0 Å². The molecule has 7 heteroatoms. The molecule has 3 rings (SSSR count). The molecule has 134 valence electrons. The number of aromatic nitrogens is 3. The number of nitrogens with zero attached hydrogens (tertiary/aromatic N) is 4. The second kappa shape index (κ2) is 8.20. The Kier molecular flexibility index (Phi) is 5.75. The Balaban J connectivity index is 1.57. The highest BCUT2D eigenvalue weighted by atomic mass is 16.5. The van der Waals surface area contributed by atoms with E-state index in [0.29, 0.717) is 32.6 Å². The summed E-state index contributed by atoms with van der Waals surface area (Å²) in [6, 6.07) is 0.0907. The molecule has 1 atom stereocenters. The van der Waals surface area contributed by atoms with Gasteiger partial charge in [0.15, 0.2) is 0 Å². The van der Waals surface area contributed by atoms with Crippen LogP contribution in [0.2, 0.25) is 0 Å². The summed E-state index contributed by atoms with van der Waals surface area (Å²) < 4.78 is 10.8. The fourth-order valence-corrected chi connectivity index (χ4v) is 3.23. The number of hydrogen-bond donors (Lipinski definition) is 0. The molecule has 3 heterocycles. The van der Waals surface area contributed by atoms with Gasteiger partial charge < -0.3 is 14.2 Å². The maximum Gasteiger partial charge on any atom is 0.223 e. The van der Waals surface area contributed by atoms with E-state index in [1.165, 1.54) is 0 Å². The average Bonchev–Trinajstić information content (AvgIpc) is 2.97. The molecule has 1 aliphatic rings. The lowest BCUT2D eigenvalue weighted by atomic mass is 10.0. The van der Waals surface area contributed by atoms with Crippen molar-refractivity contribution in [3.8, 4) is 0 Å². The van der Waals surface area contributed by atoms with Crippen LogP contribution >= 0.6 is 0 Å². The Labute approximate surface area is 147 Å². The van der Waals surface area contributed by atoms with Gasteiger partial charge in [-0.2, -0.15) is 0 Å². The van der Waals surface area contributed by atoms with Gasteiger partial charge >= 0.3 is 0 Å². The van der Waals surface area contributed by atoms with Crippen LogP contribution in [-0.2, 0) is 22.4 Å². The highest BCUT2D eigenvalue weighted by Crippen LogP contribution is 2.18. The summed E-state index contributed by atoms with van der Waals surface area (Å²) in [5.74, 6) is 0.957. The molecule has 0 unspecified atom stereocenters. The normalized spacial score (nSPS) is 17.7. The van der Waals surface area contributed by atoms with E-state index in [2.05, 4.69) is 15.1 Å². The summed E-state index contributed by atoms with van der Waals surface area (Å²) >= 11 is 0. The van der Waals surface area contributed by atoms with E-state index in [1.807, 2.05) is 18.7 Å². The van der Waals surface area contributed by atoms with Gasteiger partial charge in [-0.05, 0) is 33.1 Å². The first kappa shape index (κ1) is 17.5. The van der Waals surface area contributed by atoms with E-state index in [4.69, 9.17) is 9.26 Å². The Morgan fingerprint density at radius 3 is 2.92 bits per heavy atom. The van der Waals surface area contributed by atoms with Gasteiger partial charge in [0, 0.05) is 37.1 Å². The molecule has 2 aromatic heterocycles. The lowest BCUT2D eigenvalue weighted by Crippen LogP contribution is -2.49. The van der Waals surface area contributed by atoms with E-state index in [0.717, 1.165) is 35.6 Å². The van der Waals surface area contributed by atoms with Crippen LogP contribution in [0, 0.1) is 13.8 Å². The first-order valence-electron chi connectivity index (χ1n) is 8.69. The molecular formula is C18H24N4O3. The van der Waals surface area contributed by atoms with Crippen molar-refractivity contribution in [1.29, 1.82) is 0 Å². The summed E-state index contributed by atoms with van der Waals surface area (Å²) in [4.78, 5) is 23.1. The molecular weight excluding hydrogens is 320 g/mol. The van der Waals surface area contributed by atoms with Crippen molar-refractivity contribution in [2.75, 3.05) is 19.8 Å². The standard InChI is InChI=1S/C18H24N4O3/c1-13-17(14(2)25-21-13)5-6-18(23)22-9-10-24-12-16(22)4-3-15-11-19-7-8-20-15/h7-8,11,16H,3-6,9-10,12H2,1-2H3/t16-/m0/s1. The molecule has 1 fully saturated rings. The largest absolute Gasteiger partial charge is 0.377 e. The van der Waals surface area contributed by atoms with Crippen LogP contribution in [-0.4, -0.2) is 51.7 Å². The molecule has 1 amide bonds. The molecule has 0 saturated carbocycles. The third-order valence-corrected chi connectivity index (χ3v) is 4.67. The third-order valence-electron chi connectivity index (χ3n) is 4.67. The second-order valence-corrected chi connectivity index (χ2v) is 6.35. The zero-order valence-corrected chi connectivity index (χ0v) is 14.8. The number of morpholine rings is 1. The van der Waals surface area contributed by atoms with Crippen molar-refractivity contribution in [2.45, 2.75) is 45.6 Å². The Hall–Kier alpha value is -2.28. The van der Waals surface area contributed by atoms with E-state index in [-0.39, 0.29) is 11.9 Å². The molecule has 7 nitrogen and oxygen atoms in total. The SMILES string of the molecule is Cc1noc(C)c1CCC(=O)N1CCOC[C@@H]1CCc1cnccn1. The van der Waals surface area contributed by atoms with Crippen LogP contribution < -0.4 is 0 Å². The highest BCUT2D eigenvalue weighted by Gasteiger charge is 2.27. The Bertz CT molecular complexity index is 682. The number of ether oxygens (including phenoxy) is 1. The minimum atomic E-state index is 0.0907. The summed E-state index contributed by atoms with van der Waals surface area (Å²) in [5, 5.41) is 3.95. The van der Waals surface area contributed by atoms with Gasteiger partial charge in [-0.25, -0.2) is 0 Å². The molecule has 2 aromatic rings. The van der Waals surface area contributed by atoms with Gasteiger partial charge in [-0.15, -0.1) is 0 Å². The number of hydrogen-bond acceptors (Lipinski definition) is 6. The maximum atomic E-state index is 12.7. The molecule has 1 aliphatic heterocycles. The van der Waals surface area contributed by atoms with Crippen LogP contribution in [0.1, 0.15) is 35.6 Å². The molecule has 1 saturated heterocycles. The first-order valence-corrected chi connectivity index (χ1v) is 8.69. The summed E-state index contributed by atoms with van der Waals surface area (Å²) in [6.45, 7) is 5.62. The monoisotopic (exact) mass is 344 g/mol. The minimum absolute atomic E-state index is 0.0907. The molecule has 0 spiro atoms.